The summed E-state index contributed by atoms with van der Waals surface area (Å²) in [5.41, 5.74) is 5.28. The Morgan fingerprint density at radius 1 is 1.48 bits per heavy atom. The Hall–Kier alpha value is -2.26. The van der Waals surface area contributed by atoms with Crippen LogP contribution in [0.5, 0.6) is 0 Å². The normalized spacial score (nSPS) is 11.3. The molecule has 124 valence electrons. The van der Waals surface area contributed by atoms with Crippen LogP contribution in [-0.2, 0) is 21.6 Å². The molecule has 0 atom stereocenters. The summed E-state index contributed by atoms with van der Waals surface area (Å²) < 4.78 is 6.48. The number of esters is 1. The van der Waals surface area contributed by atoms with Gasteiger partial charge in [0, 0.05) is 18.1 Å². The van der Waals surface area contributed by atoms with Crippen molar-refractivity contribution in [1.82, 2.24) is 14.8 Å². The number of carbonyl (C=O) groups is 2. The maximum atomic E-state index is 12.1. The van der Waals surface area contributed by atoms with Crippen LogP contribution < -0.4 is 11.1 Å². The lowest BCUT2D eigenvalue weighted by atomic mass is 10.1. The molecule has 0 aromatic carbocycles. The second-order valence-corrected chi connectivity index (χ2v) is 6.18. The van der Waals surface area contributed by atoms with Gasteiger partial charge in [-0.25, -0.2) is 9.78 Å². The molecule has 0 fully saturated rings. The van der Waals surface area contributed by atoms with Crippen LogP contribution in [0.25, 0.3) is 0 Å². The summed E-state index contributed by atoms with van der Waals surface area (Å²) >= 11 is 1.33. The summed E-state index contributed by atoms with van der Waals surface area (Å²) in [5.74, 6) is -0.748. The number of hydrogen-bond donors (Lipinski definition) is 2. The van der Waals surface area contributed by atoms with Crippen LogP contribution in [0.3, 0.4) is 0 Å². The van der Waals surface area contributed by atoms with Gasteiger partial charge in [0.2, 0.25) is 0 Å². The van der Waals surface area contributed by atoms with Gasteiger partial charge in [0.05, 0.1) is 18.5 Å². The van der Waals surface area contributed by atoms with Gasteiger partial charge in [-0.1, -0.05) is 0 Å². The monoisotopic (exact) mass is 337 g/mol. The molecule has 1 amide bonds. The third-order valence-corrected chi connectivity index (χ3v) is 4.02. The summed E-state index contributed by atoms with van der Waals surface area (Å²) in [6, 6.07) is 0. The summed E-state index contributed by atoms with van der Waals surface area (Å²) in [5, 5.41) is 9.14. The first-order valence-corrected chi connectivity index (χ1v) is 7.94. The highest BCUT2D eigenvalue weighted by molar-refractivity contribution is 7.09. The highest BCUT2D eigenvalue weighted by Crippen LogP contribution is 2.19. The molecule has 0 saturated carbocycles. The second kappa shape index (κ2) is 6.88. The average molecular weight is 337 g/mol. The zero-order valence-electron chi connectivity index (χ0n) is 13.2. The van der Waals surface area contributed by atoms with Gasteiger partial charge in [0.1, 0.15) is 10.7 Å². The average Bonchev–Trinajstić information content (AvgIpc) is 3.16. The minimum absolute atomic E-state index is 0.292. The Kier molecular flexibility index (Phi) is 5.12. The van der Waals surface area contributed by atoms with Crippen molar-refractivity contribution in [2.45, 2.75) is 32.9 Å². The molecule has 0 radical (unpaired) electrons. The summed E-state index contributed by atoms with van der Waals surface area (Å²) in [6.07, 6.45) is 3.04. The van der Waals surface area contributed by atoms with Crippen LogP contribution in [0, 0.1) is 0 Å². The number of carbonyl (C=O) groups excluding carboxylic acids is 2. The third-order valence-electron chi connectivity index (χ3n) is 3.15. The third kappa shape index (κ3) is 3.74. The molecule has 2 aromatic rings. The van der Waals surface area contributed by atoms with Crippen molar-refractivity contribution in [3.63, 3.8) is 0 Å². The molecule has 8 nitrogen and oxygen atoms in total. The quantitative estimate of drug-likeness (QED) is 0.770. The summed E-state index contributed by atoms with van der Waals surface area (Å²) in [6.45, 7) is 5.71. The molecule has 0 aliphatic heterocycles. The van der Waals surface area contributed by atoms with Crippen LogP contribution >= 0.6 is 11.3 Å². The Morgan fingerprint density at radius 2 is 2.22 bits per heavy atom. The van der Waals surface area contributed by atoms with Gasteiger partial charge in [0.25, 0.3) is 5.91 Å². The molecule has 3 N–H and O–H groups in total. The lowest BCUT2D eigenvalue weighted by Crippen LogP contribution is -2.37. The van der Waals surface area contributed by atoms with Crippen molar-refractivity contribution in [3.05, 3.63) is 28.5 Å². The first-order chi connectivity index (χ1) is 10.9. The molecule has 23 heavy (non-hydrogen) atoms. The zero-order chi connectivity index (χ0) is 17.0. The molecule has 0 unspecified atom stereocenters. The molecule has 2 rings (SSSR count). The van der Waals surface area contributed by atoms with Gasteiger partial charge in [-0.05, 0) is 20.8 Å². The van der Waals surface area contributed by atoms with E-state index in [0.29, 0.717) is 29.5 Å². The van der Waals surface area contributed by atoms with Crippen LogP contribution in [0.4, 0.5) is 5.69 Å². The standard InChI is InChI=1S/C14H19N5O3S/c1-4-22-13(21)14(2,3)19-7-9(6-16-19)17-12(20)10-8-23-11(5-15)18-10/h6-8H,4-5,15H2,1-3H3,(H,17,20). The molecular weight excluding hydrogens is 318 g/mol. The fourth-order valence-electron chi connectivity index (χ4n) is 1.80. The predicted molar refractivity (Wildman–Crippen MR) is 86.1 cm³/mol. The lowest BCUT2D eigenvalue weighted by molar-refractivity contribution is -0.152. The van der Waals surface area contributed by atoms with Gasteiger partial charge in [-0.2, -0.15) is 5.10 Å². The highest BCUT2D eigenvalue weighted by Gasteiger charge is 2.32. The number of nitrogens with two attached hydrogens (primary N) is 1. The van der Waals surface area contributed by atoms with Crippen molar-refractivity contribution in [2.24, 2.45) is 5.73 Å². The maximum Gasteiger partial charge on any atom is 0.333 e. The van der Waals surface area contributed by atoms with Crippen LogP contribution in [-0.4, -0.2) is 33.2 Å². The zero-order valence-corrected chi connectivity index (χ0v) is 14.0. The minimum atomic E-state index is -0.966. The van der Waals surface area contributed by atoms with Crippen molar-refractivity contribution in [3.8, 4) is 0 Å². The second-order valence-electron chi connectivity index (χ2n) is 5.24. The number of aromatic nitrogens is 3. The molecule has 0 bridgehead atoms. The molecule has 0 aliphatic carbocycles. The Bertz CT molecular complexity index is 707. The smallest absolute Gasteiger partial charge is 0.333 e. The Morgan fingerprint density at radius 3 is 2.83 bits per heavy atom. The van der Waals surface area contributed by atoms with E-state index in [-0.39, 0.29) is 5.91 Å². The molecule has 0 aliphatic rings. The van der Waals surface area contributed by atoms with Gasteiger partial charge in [0.15, 0.2) is 5.54 Å². The highest BCUT2D eigenvalue weighted by atomic mass is 32.1. The topological polar surface area (TPSA) is 112 Å². The molecule has 0 saturated heterocycles. The number of thiazole rings is 1. The van der Waals surface area contributed by atoms with Gasteiger partial charge >= 0.3 is 5.97 Å². The van der Waals surface area contributed by atoms with E-state index in [9.17, 15) is 9.59 Å². The lowest BCUT2D eigenvalue weighted by Gasteiger charge is -2.22. The van der Waals surface area contributed by atoms with E-state index in [1.165, 1.54) is 22.2 Å². The molecule has 9 heteroatoms. The number of nitrogens with zero attached hydrogens (tertiary/aromatic N) is 3. The number of hydrogen-bond acceptors (Lipinski definition) is 7. The van der Waals surface area contributed by atoms with E-state index in [0.717, 1.165) is 0 Å². The SMILES string of the molecule is CCOC(=O)C(C)(C)n1cc(NC(=O)c2csc(CN)n2)cn1. The molecule has 2 heterocycles. The van der Waals surface area contributed by atoms with E-state index in [1.54, 1.807) is 32.3 Å². The van der Waals surface area contributed by atoms with Crippen LogP contribution in [0.15, 0.2) is 17.8 Å². The number of amides is 1. The number of rotatable bonds is 6. The van der Waals surface area contributed by atoms with Crippen LogP contribution in [0.2, 0.25) is 0 Å². The largest absolute Gasteiger partial charge is 0.464 e. The number of anilines is 1. The fraction of sp³-hybridized carbons (Fsp3) is 0.429. The maximum absolute atomic E-state index is 12.1. The Labute approximate surface area is 137 Å². The Balaban J connectivity index is 2.10. The predicted octanol–water partition coefficient (Wildman–Crippen LogP) is 1.35. The molecular formula is C14H19N5O3S. The van der Waals surface area contributed by atoms with E-state index in [4.69, 9.17) is 10.5 Å². The van der Waals surface area contributed by atoms with E-state index in [1.807, 2.05) is 0 Å². The van der Waals surface area contributed by atoms with Gasteiger partial charge < -0.3 is 15.8 Å². The van der Waals surface area contributed by atoms with E-state index < -0.39 is 11.5 Å². The molecule has 0 spiro atoms. The van der Waals surface area contributed by atoms with Crippen molar-refractivity contribution in [2.75, 3.05) is 11.9 Å². The first-order valence-electron chi connectivity index (χ1n) is 7.06. The van der Waals surface area contributed by atoms with E-state index >= 15 is 0 Å². The summed E-state index contributed by atoms with van der Waals surface area (Å²) in [7, 11) is 0. The fourth-order valence-corrected chi connectivity index (χ4v) is 2.45. The van der Waals surface area contributed by atoms with E-state index in [2.05, 4.69) is 15.4 Å². The molecule has 2 aromatic heterocycles. The van der Waals surface area contributed by atoms with Crippen molar-refractivity contribution < 1.29 is 14.3 Å². The summed E-state index contributed by atoms with van der Waals surface area (Å²) in [4.78, 5) is 28.2. The van der Waals surface area contributed by atoms with Gasteiger partial charge in [-0.15, -0.1) is 11.3 Å². The first kappa shape index (κ1) is 17.1. The van der Waals surface area contributed by atoms with Gasteiger partial charge in [-0.3, -0.25) is 9.48 Å². The van der Waals surface area contributed by atoms with Crippen molar-refractivity contribution in [1.29, 1.82) is 0 Å². The van der Waals surface area contributed by atoms with Crippen molar-refractivity contribution >= 4 is 28.9 Å². The number of nitrogens with one attached hydrogen (secondary N) is 1. The van der Waals surface area contributed by atoms with Crippen LogP contribution in [0.1, 0.15) is 36.3 Å². The minimum Gasteiger partial charge on any atom is -0.464 e. The number of ether oxygens (including phenoxy) is 1.